The van der Waals surface area contributed by atoms with Crippen LogP contribution >= 0.6 is 54.5 Å². The summed E-state index contributed by atoms with van der Waals surface area (Å²) in [5.41, 5.74) is 8.11. The van der Waals surface area contributed by atoms with E-state index in [4.69, 9.17) is 5.73 Å². The van der Waals surface area contributed by atoms with Gasteiger partial charge in [-0.05, 0) is 49.4 Å². The number of hydrogen-bond donors (Lipinski definition) is 1. The number of aryl methyl sites for hydroxylation is 1. The molecule has 0 amide bonds. The zero-order valence-electron chi connectivity index (χ0n) is 9.85. The summed E-state index contributed by atoms with van der Waals surface area (Å²) in [6, 6.07) is 6.16. The van der Waals surface area contributed by atoms with Gasteiger partial charge in [0.15, 0.2) is 0 Å². The molecule has 0 fully saturated rings. The Bertz CT molecular complexity index is 709. The van der Waals surface area contributed by atoms with Gasteiger partial charge in [0.1, 0.15) is 11.5 Å². The van der Waals surface area contributed by atoms with Crippen LogP contribution in [0.2, 0.25) is 0 Å². The van der Waals surface area contributed by atoms with Crippen molar-refractivity contribution in [3.05, 3.63) is 31.8 Å². The second-order valence-corrected chi connectivity index (χ2v) is 8.11. The first-order valence-corrected chi connectivity index (χ1v) is 8.67. The fraction of sp³-hybridized carbons (Fsp3) is 0.0833. The summed E-state index contributed by atoms with van der Waals surface area (Å²) in [5.74, 6) is 0.693. The van der Waals surface area contributed by atoms with E-state index in [0.29, 0.717) is 5.82 Å². The standard InChI is InChI=1S/C12H9Br2N3S2/c1-17-12(15)9(7-3-2-4-18-7)10(16-17)8-5-6(13)11(14)19-8/h2-5H,15H2,1H3. The Hall–Kier alpha value is -0.630. The minimum Gasteiger partial charge on any atom is -0.383 e. The molecule has 0 aliphatic carbocycles. The molecule has 98 valence electrons. The summed E-state index contributed by atoms with van der Waals surface area (Å²) in [6.07, 6.45) is 0. The van der Waals surface area contributed by atoms with E-state index in [0.717, 1.165) is 29.3 Å². The maximum absolute atomic E-state index is 6.17. The molecule has 3 aromatic rings. The first-order valence-electron chi connectivity index (χ1n) is 5.39. The number of nitrogens with zero attached hydrogens (tertiary/aromatic N) is 2. The number of anilines is 1. The lowest BCUT2D eigenvalue weighted by Crippen LogP contribution is -1.97. The molecular formula is C12H9Br2N3S2. The molecule has 0 saturated heterocycles. The summed E-state index contributed by atoms with van der Waals surface area (Å²) in [4.78, 5) is 2.23. The highest BCUT2D eigenvalue weighted by Crippen LogP contribution is 2.44. The highest BCUT2D eigenvalue weighted by Gasteiger charge is 2.20. The maximum atomic E-state index is 6.17. The Morgan fingerprint density at radius 1 is 1.32 bits per heavy atom. The molecule has 0 aliphatic rings. The van der Waals surface area contributed by atoms with Crippen molar-refractivity contribution in [2.75, 3.05) is 5.73 Å². The van der Waals surface area contributed by atoms with Crippen LogP contribution in [0.4, 0.5) is 5.82 Å². The Kier molecular flexibility index (Phi) is 3.55. The summed E-state index contributed by atoms with van der Waals surface area (Å²) in [7, 11) is 1.87. The fourth-order valence-electron chi connectivity index (χ4n) is 1.84. The van der Waals surface area contributed by atoms with E-state index in [1.165, 1.54) is 0 Å². The lowest BCUT2D eigenvalue weighted by molar-refractivity contribution is 0.783. The lowest BCUT2D eigenvalue weighted by Gasteiger charge is -1.98. The van der Waals surface area contributed by atoms with Crippen LogP contribution in [0.25, 0.3) is 21.0 Å². The predicted octanol–water partition coefficient (Wildman–Crippen LogP) is 4.98. The van der Waals surface area contributed by atoms with Gasteiger partial charge in [0.2, 0.25) is 0 Å². The number of nitrogens with two attached hydrogens (primary N) is 1. The molecule has 0 unspecified atom stereocenters. The number of aromatic nitrogens is 2. The van der Waals surface area contributed by atoms with Gasteiger partial charge in [0.05, 0.1) is 14.2 Å². The van der Waals surface area contributed by atoms with Crippen LogP contribution in [0.1, 0.15) is 0 Å². The lowest BCUT2D eigenvalue weighted by atomic mass is 10.1. The van der Waals surface area contributed by atoms with Gasteiger partial charge in [-0.25, -0.2) is 0 Å². The van der Waals surface area contributed by atoms with E-state index in [-0.39, 0.29) is 0 Å². The fourth-order valence-corrected chi connectivity index (χ4v) is 4.64. The molecule has 3 rings (SSSR count). The highest BCUT2D eigenvalue weighted by molar-refractivity contribution is 9.13. The van der Waals surface area contributed by atoms with Gasteiger partial charge in [0.25, 0.3) is 0 Å². The molecule has 3 heterocycles. The summed E-state index contributed by atoms with van der Waals surface area (Å²) < 4.78 is 3.82. The normalized spacial score (nSPS) is 11.1. The van der Waals surface area contributed by atoms with Gasteiger partial charge in [0, 0.05) is 16.4 Å². The maximum Gasteiger partial charge on any atom is 0.130 e. The van der Waals surface area contributed by atoms with Gasteiger partial charge in [-0.2, -0.15) is 5.10 Å². The third-order valence-corrected chi connectivity index (χ3v) is 6.89. The molecule has 7 heteroatoms. The molecule has 0 bridgehead atoms. The average Bonchev–Trinajstić information content (AvgIpc) is 3.04. The van der Waals surface area contributed by atoms with Crippen LogP contribution in [-0.4, -0.2) is 9.78 Å². The molecule has 0 atom stereocenters. The summed E-state index contributed by atoms with van der Waals surface area (Å²) >= 11 is 10.3. The third kappa shape index (κ3) is 2.29. The number of halogens is 2. The molecule has 0 saturated carbocycles. The molecule has 3 aromatic heterocycles. The zero-order chi connectivity index (χ0) is 13.6. The quantitative estimate of drug-likeness (QED) is 0.637. The van der Waals surface area contributed by atoms with E-state index in [9.17, 15) is 0 Å². The van der Waals surface area contributed by atoms with Crippen molar-refractivity contribution in [1.29, 1.82) is 0 Å². The van der Waals surface area contributed by atoms with Gasteiger partial charge < -0.3 is 5.73 Å². The van der Waals surface area contributed by atoms with Crippen LogP contribution < -0.4 is 5.73 Å². The van der Waals surface area contributed by atoms with Crippen LogP contribution in [0, 0.1) is 0 Å². The smallest absolute Gasteiger partial charge is 0.130 e. The van der Waals surface area contributed by atoms with E-state index < -0.39 is 0 Å². The van der Waals surface area contributed by atoms with Gasteiger partial charge in [-0.3, -0.25) is 4.68 Å². The van der Waals surface area contributed by atoms with Crippen molar-refractivity contribution in [1.82, 2.24) is 9.78 Å². The zero-order valence-corrected chi connectivity index (χ0v) is 14.7. The topological polar surface area (TPSA) is 43.8 Å². The van der Waals surface area contributed by atoms with Crippen LogP contribution in [0.15, 0.2) is 31.8 Å². The van der Waals surface area contributed by atoms with Crippen LogP contribution in [0.5, 0.6) is 0 Å². The van der Waals surface area contributed by atoms with E-state index >= 15 is 0 Å². The van der Waals surface area contributed by atoms with Crippen molar-refractivity contribution in [2.24, 2.45) is 7.05 Å². The van der Waals surface area contributed by atoms with E-state index in [1.54, 1.807) is 27.4 Å². The minimum atomic E-state index is 0.693. The third-order valence-electron chi connectivity index (χ3n) is 2.74. The molecule has 3 nitrogen and oxygen atoms in total. The summed E-state index contributed by atoms with van der Waals surface area (Å²) in [5, 5.41) is 6.61. The summed E-state index contributed by atoms with van der Waals surface area (Å²) in [6.45, 7) is 0. The number of rotatable bonds is 2. The van der Waals surface area contributed by atoms with E-state index in [2.05, 4.69) is 49.1 Å². The molecule has 0 spiro atoms. The Labute approximate surface area is 135 Å². The largest absolute Gasteiger partial charge is 0.383 e. The van der Waals surface area contributed by atoms with Crippen molar-refractivity contribution < 1.29 is 0 Å². The minimum absolute atomic E-state index is 0.693. The van der Waals surface area contributed by atoms with E-state index in [1.807, 2.05) is 18.5 Å². The SMILES string of the molecule is Cn1nc(-c2cc(Br)c(Br)s2)c(-c2cccs2)c1N. The van der Waals surface area contributed by atoms with Crippen molar-refractivity contribution in [3.63, 3.8) is 0 Å². The Morgan fingerprint density at radius 3 is 2.68 bits per heavy atom. The first kappa shape index (κ1) is 13.4. The monoisotopic (exact) mass is 417 g/mol. The van der Waals surface area contributed by atoms with Crippen molar-refractivity contribution >= 4 is 60.4 Å². The number of thiophene rings is 2. The Morgan fingerprint density at radius 2 is 2.11 bits per heavy atom. The highest BCUT2D eigenvalue weighted by atomic mass is 79.9. The second kappa shape index (κ2) is 5.05. The molecule has 0 aromatic carbocycles. The van der Waals surface area contributed by atoms with Crippen LogP contribution in [0.3, 0.4) is 0 Å². The van der Waals surface area contributed by atoms with Crippen LogP contribution in [-0.2, 0) is 7.05 Å². The first-order chi connectivity index (χ1) is 9.08. The second-order valence-electron chi connectivity index (χ2n) is 3.94. The predicted molar refractivity (Wildman–Crippen MR) is 89.6 cm³/mol. The van der Waals surface area contributed by atoms with Gasteiger partial charge in [-0.1, -0.05) is 6.07 Å². The molecule has 2 N–H and O–H groups in total. The van der Waals surface area contributed by atoms with Gasteiger partial charge >= 0.3 is 0 Å². The Balaban J connectivity index is 2.24. The number of nitrogen functional groups attached to an aromatic ring is 1. The molecule has 19 heavy (non-hydrogen) atoms. The average molecular weight is 419 g/mol. The van der Waals surface area contributed by atoms with Crippen molar-refractivity contribution in [2.45, 2.75) is 0 Å². The van der Waals surface area contributed by atoms with Gasteiger partial charge in [-0.15, -0.1) is 22.7 Å². The molecule has 0 aliphatic heterocycles. The molecule has 0 radical (unpaired) electrons. The molecular weight excluding hydrogens is 410 g/mol. The number of hydrogen-bond acceptors (Lipinski definition) is 4. The van der Waals surface area contributed by atoms with Crippen molar-refractivity contribution in [3.8, 4) is 21.0 Å².